The maximum absolute atomic E-state index is 12.1. The molecule has 1 saturated heterocycles. The molecule has 2 fully saturated rings. The Morgan fingerprint density at radius 1 is 1.15 bits per heavy atom. The number of hydrogen-bond donors (Lipinski definition) is 0. The molecule has 2 unspecified atom stereocenters. The number of carbonyl (C=O) groups excluding carboxylic acids is 1. The summed E-state index contributed by atoms with van der Waals surface area (Å²) >= 11 is 0. The molecule has 1 aliphatic heterocycles. The molecule has 0 aromatic heterocycles. The predicted octanol–water partition coefficient (Wildman–Crippen LogP) is 3.62. The molecule has 0 bridgehead atoms. The third kappa shape index (κ3) is 3.75. The molecule has 1 aliphatic carbocycles. The Labute approximate surface area is 124 Å². The molecule has 2 rings (SSSR count). The van der Waals surface area contributed by atoms with Gasteiger partial charge in [-0.3, -0.25) is 9.69 Å². The third-order valence-corrected chi connectivity index (χ3v) is 5.07. The van der Waals surface area contributed by atoms with Crippen LogP contribution in [0.3, 0.4) is 0 Å². The lowest BCUT2D eigenvalue weighted by molar-refractivity contribution is -0.148. The Hall–Kier alpha value is -0.570. The number of hydrogen-bond acceptors (Lipinski definition) is 3. The van der Waals surface area contributed by atoms with Gasteiger partial charge in [0.05, 0.1) is 13.0 Å². The second-order valence-corrected chi connectivity index (χ2v) is 7.11. The van der Waals surface area contributed by atoms with Gasteiger partial charge in [0.2, 0.25) is 0 Å². The van der Waals surface area contributed by atoms with Crippen molar-refractivity contribution in [2.45, 2.75) is 71.3 Å². The van der Waals surface area contributed by atoms with Crippen molar-refractivity contribution in [3.8, 4) is 0 Å². The zero-order valence-electron chi connectivity index (χ0n) is 13.5. The van der Waals surface area contributed by atoms with Crippen LogP contribution in [0.1, 0.15) is 65.7 Å². The highest BCUT2D eigenvalue weighted by Crippen LogP contribution is 2.43. The minimum absolute atomic E-state index is 0.000580. The van der Waals surface area contributed by atoms with Gasteiger partial charge in [0.25, 0.3) is 0 Å². The summed E-state index contributed by atoms with van der Waals surface area (Å²) in [6.45, 7) is 9.42. The summed E-state index contributed by atoms with van der Waals surface area (Å²) in [6, 6.07) is 0. The largest absolute Gasteiger partial charge is 0.466 e. The molecule has 0 aromatic carbocycles. The van der Waals surface area contributed by atoms with Gasteiger partial charge in [-0.15, -0.1) is 0 Å². The van der Waals surface area contributed by atoms with Crippen molar-refractivity contribution in [3.63, 3.8) is 0 Å². The fraction of sp³-hybridized carbons (Fsp3) is 0.941. The molecule has 1 saturated carbocycles. The number of carbonyl (C=O) groups is 1. The summed E-state index contributed by atoms with van der Waals surface area (Å²) in [5.41, 5.74) is 0.0732. The van der Waals surface area contributed by atoms with Gasteiger partial charge in [-0.25, -0.2) is 0 Å². The van der Waals surface area contributed by atoms with Crippen molar-refractivity contribution < 1.29 is 9.53 Å². The molecule has 2 aliphatic rings. The maximum atomic E-state index is 12.1. The molecule has 116 valence electrons. The molecule has 1 heterocycles. The van der Waals surface area contributed by atoms with E-state index in [2.05, 4.69) is 18.7 Å². The Morgan fingerprint density at radius 2 is 1.75 bits per heavy atom. The Morgan fingerprint density at radius 3 is 2.30 bits per heavy atom. The smallest absolute Gasteiger partial charge is 0.307 e. The van der Waals surface area contributed by atoms with Gasteiger partial charge < -0.3 is 4.74 Å². The first-order valence-corrected chi connectivity index (χ1v) is 8.46. The van der Waals surface area contributed by atoms with Gasteiger partial charge in [0, 0.05) is 5.54 Å². The topological polar surface area (TPSA) is 29.5 Å². The number of ether oxygens (including phenoxy) is 1. The third-order valence-electron chi connectivity index (χ3n) is 5.07. The average molecular weight is 281 g/mol. The van der Waals surface area contributed by atoms with Crippen LogP contribution in [0.5, 0.6) is 0 Å². The van der Waals surface area contributed by atoms with Crippen molar-refractivity contribution in [3.05, 3.63) is 0 Å². The number of piperidine rings is 1. The molecule has 3 heteroatoms. The first kappa shape index (κ1) is 15.8. The van der Waals surface area contributed by atoms with E-state index < -0.39 is 0 Å². The summed E-state index contributed by atoms with van der Waals surface area (Å²) in [4.78, 5) is 14.7. The molecule has 0 amide bonds. The van der Waals surface area contributed by atoms with Crippen LogP contribution >= 0.6 is 0 Å². The van der Waals surface area contributed by atoms with Gasteiger partial charge in [0.1, 0.15) is 0 Å². The van der Waals surface area contributed by atoms with Gasteiger partial charge in [0.15, 0.2) is 0 Å². The molecule has 3 nitrogen and oxygen atoms in total. The molecular weight excluding hydrogens is 250 g/mol. The Kier molecular flexibility index (Phi) is 5.48. The number of nitrogens with zero attached hydrogens (tertiary/aromatic N) is 1. The fourth-order valence-corrected chi connectivity index (χ4v) is 4.60. The summed E-state index contributed by atoms with van der Waals surface area (Å²) in [7, 11) is 0. The number of likely N-dealkylation sites (tertiary alicyclic amines) is 1. The normalized spacial score (nSPS) is 35.8. The van der Waals surface area contributed by atoms with E-state index in [9.17, 15) is 4.79 Å². The highest BCUT2D eigenvalue weighted by Gasteiger charge is 2.44. The Bertz CT molecular complexity index is 313. The van der Waals surface area contributed by atoms with Crippen LogP contribution in [0.2, 0.25) is 0 Å². The molecule has 2 atom stereocenters. The van der Waals surface area contributed by atoms with Gasteiger partial charge in [-0.05, 0) is 64.0 Å². The van der Waals surface area contributed by atoms with E-state index in [1.807, 2.05) is 6.92 Å². The lowest BCUT2D eigenvalue weighted by Gasteiger charge is -2.51. The quantitative estimate of drug-likeness (QED) is 0.737. The second-order valence-electron chi connectivity index (χ2n) is 7.11. The van der Waals surface area contributed by atoms with Crippen molar-refractivity contribution in [1.82, 2.24) is 4.90 Å². The maximum Gasteiger partial charge on any atom is 0.307 e. The minimum atomic E-state index is -0.000580. The first-order valence-electron chi connectivity index (χ1n) is 8.46. The van der Waals surface area contributed by atoms with E-state index in [0.29, 0.717) is 13.0 Å². The lowest BCUT2D eigenvalue weighted by atomic mass is 9.68. The van der Waals surface area contributed by atoms with Crippen LogP contribution in [0.25, 0.3) is 0 Å². The minimum Gasteiger partial charge on any atom is -0.466 e. The average Bonchev–Trinajstić information content (AvgIpc) is 2.38. The van der Waals surface area contributed by atoms with Crippen molar-refractivity contribution in [2.24, 2.45) is 11.8 Å². The zero-order chi connectivity index (χ0) is 14.6. The number of rotatable bonds is 4. The van der Waals surface area contributed by atoms with Crippen LogP contribution in [-0.2, 0) is 9.53 Å². The summed E-state index contributed by atoms with van der Waals surface area (Å²) < 4.78 is 5.27. The molecular formula is C17H31NO2. The van der Waals surface area contributed by atoms with Gasteiger partial charge in [-0.2, -0.15) is 0 Å². The molecule has 0 N–H and O–H groups in total. The van der Waals surface area contributed by atoms with Gasteiger partial charge >= 0.3 is 5.97 Å². The van der Waals surface area contributed by atoms with Crippen LogP contribution in [0.4, 0.5) is 0 Å². The van der Waals surface area contributed by atoms with Crippen LogP contribution < -0.4 is 0 Å². The SMILES string of the molecule is CCOC(=O)CC1(N2CCCCC2)CC(C)CC(C)C1. The van der Waals surface area contributed by atoms with Crippen molar-refractivity contribution in [1.29, 1.82) is 0 Å². The predicted molar refractivity (Wildman–Crippen MR) is 81.6 cm³/mol. The first-order chi connectivity index (χ1) is 9.55. The molecule has 20 heavy (non-hydrogen) atoms. The lowest BCUT2D eigenvalue weighted by Crippen LogP contribution is -2.55. The molecule has 0 radical (unpaired) electrons. The molecule has 0 spiro atoms. The van der Waals surface area contributed by atoms with E-state index in [1.54, 1.807) is 0 Å². The summed E-state index contributed by atoms with van der Waals surface area (Å²) in [5, 5.41) is 0. The van der Waals surface area contributed by atoms with Crippen LogP contribution in [-0.4, -0.2) is 36.1 Å². The standard InChI is InChI=1S/C17H31NO2/c1-4-20-16(19)13-17(18-8-6-5-7-9-18)11-14(2)10-15(3)12-17/h14-15H,4-13H2,1-3H3. The van der Waals surface area contributed by atoms with Crippen molar-refractivity contribution >= 4 is 5.97 Å². The van der Waals surface area contributed by atoms with Crippen molar-refractivity contribution in [2.75, 3.05) is 19.7 Å². The zero-order valence-corrected chi connectivity index (χ0v) is 13.5. The highest BCUT2D eigenvalue weighted by atomic mass is 16.5. The second kappa shape index (κ2) is 6.93. The van der Waals surface area contributed by atoms with E-state index in [4.69, 9.17) is 4.74 Å². The fourth-order valence-electron chi connectivity index (χ4n) is 4.60. The highest BCUT2D eigenvalue weighted by molar-refractivity contribution is 5.71. The number of esters is 1. The van der Waals surface area contributed by atoms with Crippen LogP contribution in [0.15, 0.2) is 0 Å². The summed E-state index contributed by atoms with van der Waals surface area (Å²) in [5.74, 6) is 1.43. The van der Waals surface area contributed by atoms with E-state index in [1.165, 1.54) is 38.8 Å². The van der Waals surface area contributed by atoms with Crippen LogP contribution in [0, 0.1) is 11.8 Å². The van der Waals surface area contributed by atoms with Gasteiger partial charge in [-0.1, -0.05) is 20.3 Å². The molecule has 0 aromatic rings. The summed E-state index contributed by atoms with van der Waals surface area (Å²) in [6.07, 6.45) is 8.14. The Balaban J connectivity index is 2.14. The van der Waals surface area contributed by atoms with E-state index in [-0.39, 0.29) is 11.5 Å². The van der Waals surface area contributed by atoms with E-state index in [0.717, 1.165) is 24.7 Å². The monoisotopic (exact) mass is 281 g/mol. The van der Waals surface area contributed by atoms with E-state index >= 15 is 0 Å².